The van der Waals surface area contributed by atoms with E-state index in [9.17, 15) is 0 Å². The second kappa shape index (κ2) is 10.5. The van der Waals surface area contributed by atoms with Crippen LogP contribution in [0.2, 0.25) is 0 Å². The molecule has 27 heavy (non-hydrogen) atoms. The number of carboxylic acid groups (broad SMARTS) is 2. The van der Waals surface area contributed by atoms with E-state index in [2.05, 4.69) is 22.1 Å². The third-order valence-electron chi connectivity index (χ3n) is 4.25. The highest BCUT2D eigenvalue weighted by atomic mass is 16.5. The van der Waals surface area contributed by atoms with Crippen LogP contribution in [0.1, 0.15) is 37.7 Å². The molecule has 4 N–H and O–H groups in total. The minimum atomic E-state index is -1.82. The van der Waals surface area contributed by atoms with Gasteiger partial charge in [0.05, 0.1) is 6.20 Å². The second-order valence-corrected chi connectivity index (χ2v) is 6.51. The van der Waals surface area contributed by atoms with E-state index in [0.717, 1.165) is 42.5 Å². The van der Waals surface area contributed by atoms with Crippen LogP contribution in [0.4, 0.5) is 0 Å². The third-order valence-corrected chi connectivity index (χ3v) is 4.25. The van der Waals surface area contributed by atoms with Crippen molar-refractivity contribution in [1.29, 1.82) is 0 Å². The number of rotatable bonds is 6. The van der Waals surface area contributed by atoms with Crippen molar-refractivity contribution in [2.24, 2.45) is 5.92 Å². The zero-order chi connectivity index (χ0) is 19.6. The number of aromatic nitrogens is 1. The molecule has 1 saturated carbocycles. The molecule has 0 bridgehead atoms. The number of hydrogen-bond acceptors (Lipinski definition) is 6. The summed E-state index contributed by atoms with van der Waals surface area (Å²) in [6, 6.07) is 3.19. The summed E-state index contributed by atoms with van der Waals surface area (Å²) >= 11 is 0. The van der Waals surface area contributed by atoms with Crippen LogP contribution in [-0.4, -0.2) is 57.5 Å². The van der Waals surface area contributed by atoms with Crippen LogP contribution >= 0.6 is 0 Å². The van der Waals surface area contributed by atoms with Crippen LogP contribution in [0, 0.1) is 17.8 Å². The molecule has 1 aliphatic carbocycles. The van der Waals surface area contributed by atoms with Crippen LogP contribution in [0.25, 0.3) is 0 Å². The predicted molar refractivity (Wildman–Crippen MR) is 96.3 cm³/mol. The molecule has 2 aliphatic rings. The summed E-state index contributed by atoms with van der Waals surface area (Å²) in [5, 5.41) is 27.1. The first-order valence-electron chi connectivity index (χ1n) is 8.89. The van der Waals surface area contributed by atoms with E-state index in [0.29, 0.717) is 12.6 Å². The lowest BCUT2D eigenvalue weighted by Gasteiger charge is -2.14. The number of aliphatic hydroxyl groups is 1. The van der Waals surface area contributed by atoms with E-state index in [-0.39, 0.29) is 6.61 Å². The fourth-order valence-corrected chi connectivity index (χ4v) is 2.82. The Morgan fingerprint density at radius 1 is 1.22 bits per heavy atom. The van der Waals surface area contributed by atoms with Gasteiger partial charge >= 0.3 is 11.9 Å². The van der Waals surface area contributed by atoms with Gasteiger partial charge in [-0.2, -0.15) is 0 Å². The molecule has 1 aliphatic heterocycles. The standard InChI is InChI=1S/C17H22N2O2.C2H2O4/c20-6-4-2-1-3-5-13-7-16(11-18-10-13)21-12-15-8-14-9-17(14)19-15;3-1(4)2(5)6/h7,10-11,14-15,17,19-20H,1-2,4,6,8-9,12H2;(H,3,4)(H,5,6)/t14-,15-,17+;/m0./s1. The molecule has 0 unspecified atom stereocenters. The Morgan fingerprint density at radius 2 is 2.00 bits per heavy atom. The fourth-order valence-electron chi connectivity index (χ4n) is 2.82. The van der Waals surface area contributed by atoms with Crippen LogP contribution < -0.4 is 10.1 Å². The van der Waals surface area contributed by atoms with E-state index < -0.39 is 11.9 Å². The summed E-state index contributed by atoms with van der Waals surface area (Å²) in [5.74, 6) is 4.24. The molecule has 3 atom stereocenters. The normalized spacial score (nSPS) is 21.7. The van der Waals surface area contributed by atoms with Crippen molar-refractivity contribution < 1.29 is 29.6 Å². The summed E-state index contributed by atoms with van der Waals surface area (Å²) < 4.78 is 5.82. The summed E-state index contributed by atoms with van der Waals surface area (Å²) in [6.45, 7) is 0.950. The average Bonchev–Trinajstić information content (AvgIpc) is 3.26. The number of aliphatic hydroxyl groups excluding tert-OH is 1. The van der Waals surface area contributed by atoms with E-state index in [4.69, 9.17) is 29.6 Å². The maximum atomic E-state index is 9.10. The van der Waals surface area contributed by atoms with E-state index >= 15 is 0 Å². The average molecular weight is 376 g/mol. The van der Waals surface area contributed by atoms with Gasteiger partial charge in [0.15, 0.2) is 0 Å². The van der Waals surface area contributed by atoms with Gasteiger partial charge in [-0.3, -0.25) is 4.98 Å². The summed E-state index contributed by atoms with van der Waals surface area (Å²) in [6.07, 6.45) is 8.64. The number of hydrogen-bond donors (Lipinski definition) is 4. The second-order valence-electron chi connectivity index (χ2n) is 6.51. The molecule has 2 fully saturated rings. The van der Waals surface area contributed by atoms with Gasteiger partial charge in [0.25, 0.3) is 0 Å². The van der Waals surface area contributed by atoms with E-state index in [1.54, 1.807) is 12.4 Å². The maximum absolute atomic E-state index is 9.10. The molecular formula is C19H24N2O6. The van der Waals surface area contributed by atoms with Gasteiger partial charge < -0.3 is 25.4 Å². The molecule has 3 rings (SSSR count). The third kappa shape index (κ3) is 7.64. The Bertz CT molecular complexity index is 690. The molecule has 1 aromatic rings. The molecule has 0 spiro atoms. The van der Waals surface area contributed by atoms with Crippen LogP contribution in [-0.2, 0) is 9.59 Å². The number of unbranched alkanes of at least 4 members (excludes halogenated alkanes) is 2. The van der Waals surface area contributed by atoms with Crippen molar-refractivity contribution >= 4 is 11.9 Å². The lowest BCUT2D eigenvalue weighted by molar-refractivity contribution is -0.159. The summed E-state index contributed by atoms with van der Waals surface area (Å²) in [7, 11) is 0. The van der Waals surface area contributed by atoms with Gasteiger partial charge in [-0.25, -0.2) is 9.59 Å². The first kappa shape index (κ1) is 20.7. The van der Waals surface area contributed by atoms with Crippen molar-refractivity contribution in [3.05, 3.63) is 24.0 Å². The number of carboxylic acids is 2. The number of pyridine rings is 1. The van der Waals surface area contributed by atoms with Crippen molar-refractivity contribution in [3.63, 3.8) is 0 Å². The van der Waals surface area contributed by atoms with Gasteiger partial charge in [0.1, 0.15) is 12.4 Å². The highest BCUT2D eigenvalue weighted by Gasteiger charge is 2.45. The van der Waals surface area contributed by atoms with Crippen molar-refractivity contribution in [2.45, 2.75) is 44.2 Å². The molecule has 1 aromatic heterocycles. The number of nitrogens with zero attached hydrogens (tertiary/aromatic N) is 1. The molecular weight excluding hydrogens is 352 g/mol. The summed E-state index contributed by atoms with van der Waals surface area (Å²) in [5.41, 5.74) is 0.888. The highest BCUT2D eigenvalue weighted by Crippen LogP contribution is 2.40. The van der Waals surface area contributed by atoms with Gasteiger partial charge in [0, 0.05) is 36.9 Å². The zero-order valence-corrected chi connectivity index (χ0v) is 14.9. The molecule has 8 nitrogen and oxygen atoms in total. The smallest absolute Gasteiger partial charge is 0.414 e. The summed E-state index contributed by atoms with van der Waals surface area (Å²) in [4.78, 5) is 22.4. The molecule has 1 saturated heterocycles. The van der Waals surface area contributed by atoms with Crippen LogP contribution in [0.5, 0.6) is 5.75 Å². The van der Waals surface area contributed by atoms with Crippen LogP contribution in [0.15, 0.2) is 18.5 Å². The number of fused-ring (bicyclic) bond motifs is 1. The monoisotopic (exact) mass is 376 g/mol. The van der Waals surface area contributed by atoms with Gasteiger partial charge in [-0.05, 0) is 37.7 Å². The molecule has 8 heteroatoms. The minimum Gasteiger partial charge on any atom is -0.490 e. The Morgan fingerprint density at radius 3 is 2.63 bits per heavy atom. The lowest BCUT2D eigenvalue weighted by Crippen LogP contribution is -2.31. The molecule has 0 radical (unpaired) electrons. The molecule has 0 amide bonds. The minimum absolute atomic E-state index is 0.240. The SMILES string of the molecule is O=C(O)C(=O)O.OCCCCC#Cc1cncc(OC[C@@H]2C[C@H]3C[C@H]3N2)c1. The first-order chi connectivity index (χ1) is 13.0. The van der Waals surface area contributed by atoms with E-state index in [1.165, 1.54) is 12.8 Å². The quantitative estimate of drug-likeness (QED) is 0.327. The lowest BCUT2D eigenvalue weighted by atomic mass is 10.2. The predicted octanol–water partition coefficient (Wildman–Crippen LogP) is 0.881. The highest BCUT2D eigenvalue weighted by molar-refractivity contribution is 6.27. The number of nitrogens with one attached hydrogen (secondary N) is 1. The number of ether oxygens (including phenoxy) is 1. The van der Waals surface area contributed by atoms with Gasteiger partial charge in [-0.15, -0.1) is 0 Å². The molecule has 146 valence electrons. The van der Waals surface area contributed by atoms with E-state index in [1.807, 2.05) is 6.07 Å². The largest absolute Gasteiger partial charge is 0.490 e. The van der Waals surface area contributed by atoms with Gasteiger partial charge in [0.2, 0.25) is 0 Å². The van der Waals surface area contributed by atoms with Gasteiger partial charge in [-0.1, -0.05) is 11.8 Å². The molecule has 0 aromatic carbocycles. The number of aliphatic carboxylic acids is 2. The molecule has 2 heterocycles. The Hall–Kier alpha value is -2.63. The topological polar surface area (TPSA) is 129 Å². The van der Waals surface area contributed by atoms with Crippen molar-refractivity contribution in [3.8, 4) is 17.6 Å². The Balaban J connectivity index is 0.000000380. The maximum Gasteiger partial charge on any atom is 0.414 e. The number of carbonyl (C=O) groups is 2. The van der Waals surface area contributed by atoms with Crippen molar-refractivity contribution in [1.82, 2.24) is 10.3 Å². The Kier molecular flexibility index (Phi) is 8.04. The zero-order valence-electron chi connectivity index (χ0n) is 14.9. The number of piperidine rings is 1. The fraction of sp³-hybridized carbons (Fsp3) is 0.526. The Labute approximate surface area is 157 Å². The van der Waals surface area contributed by atoms with Crippen LogP contribution in [0.3, 0.4) is 0 Å². The van der Waals surface area contributed by atoms with Crippen molar-refractivity contribution in [2.75, 3.05) is 13.2 Å². The first-order valence-corrected chi connectivity index (χ1v) is 8.89.